The largest absolute Gasteiger partial charge is 0.613 e. The van der Waals surface area contributed by atoms with E-state index >= 15 is 0 Å². The third-order valence-corrected chi connectivity index (χ3v) is 5.42. The fourth-order valence-electron chi connectivity index (χ4n) is 2.88. The molecule has 4 N–H and O–H groups in total. The molecule has 1 saturated heterocycles. The van der Waals surface area contributed by atoms with Gasteiger partial charge in [0.2, 0.25) is 0 Å². The third kappa shape index (κ3) is 9.27. The van der Waals surface area contributed by atoms with Gasteiger partial charge in [0.1, 0.15) is 18.4 Å². The van der Waals surface area contributed by atoms with Crippen LogP contribution in [0.3, 0.4) is 0 Å². The first-order valence-electron chi connectivity index (χ1n) is 10.4. The number of H-pyrrole nitrogens is 2. The van der Waals surface area contributed by atoms with Crippen LogP contribution in [0.25, 0.3) is 0 Å². The SMILES string of the molecule is CC(C)OC(=O)[C@@H](C)N[P+](=O)OCC1CCC(c2c[nH]c(=O)[nH]c2=O)O1.Oc1ccccc1. The summed E-state index contributed by atoms with van der Waals surface area (Å²) in [4.78, 5) is 39.0. The molecule has 1 aromatic carbocycles. The lowest BCUT2D eigenvalue weighted by atomic mass is 10.1. The van der Waals surface area contributed by atoms with Gasteiger partial charge in [0.25, 0.3) is 5.56 Å². The molecule has 0 spiro atoms. The molecule has 0 amide bonds. The molecule has 2 heterocycles. The smallest absolute Gasteiger partial charge is 0.508 e. The second-order valence-electron chi connectivity index (χ2n) is 7.58. The summed E-state index contributed by atoms with van der Waals surface area (Å²) in [6, 6.07) is 7.95. The predicted molar refractivity (Wildman–Crippen MR) is 120 cm³/mol. The average molecular weight is 482 g/mol. The minimum absolute atomic E-state index is 0.0475. The van der Waals surface area contributed by atoms with E-state index in [0.717, 1.165) is 0 Å². The van der Waals surface area contributed by atoms with Crippen molar-refractivity contribution < 1.29 is 28.5 Å². The maximum atomic E-state index is 11.9. The molecule has 1 aliphatic rings. The number of nitrogens with one attached hydrogen (secondary N) is 3. The highest BCUT2D eigenvalue weighted by Gasteiger charge is 2.33. The minimum atomic E-state index is -2.27. The molecule has 2 aromatic rings. The minimum Gasteiger partial charge on any atom is -0.508 e. The van der Waals surface area contributed by atoms with Crippen LogP contribution in [-0.2, 0) is 23.4 Å². The molecule has 180 valence electrons. The Morgan fingerprint density at radius 2 is 1.94 bits per heavy atom. The van der Waals surface area contributed by atoms with E-state index in [0.29, 0.717) is 24.2 Å². The number of aromatic nitrogens is 2. The summed E-state index contributed by atoms with van der Waals surface area (Å²) in [6.45, 7) is 5.03. The maximum absolute atomic E-state index is 11.9. The van der Waals surface area contributed by atoms with Crippen LogP contribution in [0.2, 0.25) is 0 Å². The van der Waals surface area contributed by atoms with Crippen molar-refractivity contribution in [1.82, 2.24) is 15.1 Å². The lowest BCUT2D eigenvalue weighted by Gasteiger charge is -2.11. The van der Waals surface area contributed by atoms with Crippen LogP contribution >= 0.6 is 8.18 Å². The van der Waals surface area contributed by atoms with E-state index in [9.17, 15) is 18.9 Å². The van der Waals surface area contributed by atoms with Gasteiger partial charge in [-0.25, -0.2) is 4.79 Å². The van der Waals surface area contributed by atoms with Crippen molar-refractivity contribution in [3.63, 3.8) is 0 Å². The number of ether oxygens (including phenoxy) is 2. The highest BCUT2D eigenvalue weighted by atomic mass is 31.1. The predicted octanol–water partition coefficient (Wildman–Crippen LogP) is 2.28. The van der Waals surface area contributed by atoms with Crippen molar-refractivity contribution in [2.24, 2.45) is 0 Å². The number of carbonyl (C=O) groups is 1. The number of phenols is 1. The van der Waals surface area contributed by atoms with Crippen LogP contribution < -0.4 is 16.3 Å². The highest BCUT2D eigenvalue weighted by molar-refractivity contribution is 7.36. The molecule has 11 nitrogen and oxygen atoms in total. The van der Waals surface area contributed by atoms with Gasteiger partial charge in [-0.2, -0.15) is 0 Å². The molecule has 0 bridgehead atoms. The van der Waals surface area contributed by atoms with Crippen molar-refractivity contribution >= 4 is 14.1 Å². The van der Waals surface area contributed by atoms with E-state index in [-0.39, 0.29) is 18.8 Å². The Morgan fingerprint density at radius 1 is 1.24 bits per heavy atom. The van der Waals surface area contributed by atoms with Crippen molar-refractivity contribution in [3.05, 3.63) is 62.9 Å². The molecule has 0 aliphatic carbocycles. The van der Waals surface area contributed by atoms with Crippen molar-refractivity contribution in [3.8, 4) is 5.75 Å². The molecule has 12 heteroatoms. The van der Waals surface area contributed by atoms with E-state index in [1.165, 1.54) is 13.1 Å². The molecule has 1 fully saturated rings. The van der Waals surface area contributed by atoms with Crippen LogP contribution in [0.15, 0.2) is 46.1 Å². The number of hydrogen-bond donors (Lipinski definition) is 4. The molecule has 0 radical (unpaired) electrons. The Balaban J connectivity index is 0.000000468. The third-order valence-electron chi connectivity index (χ3n) is 4.44. The van der Waals surface area contributed by atoms with Gasteiger partial charge in [0, 0.05) is 6.20 Å². The zero-order chi connectivity index (χ0) is 24.4. The van der Waals surface area contributed by atoms with E-state index < -0.39 is 37.5 Å². The fraction of sp³-hybridized carbons (Fsp3) is 0.476. The normalized spacial score (nSPS) is 18.8. The van der Waals surface area contributed by atoms with Crippen LogP contribution in [0.1, 0.15) is 45.3 Å². The van der Waals surface area contributed by atoms with Crippen LogP contribution in [0.4, 0.5) is 0 Å². The van der Waals surface area contributed by atoms with Gasteiger partial charge < -0.3 is 19.6 Å². The Kier molecular flexibility index (Phi) is 10.4. The molecule has 4 atom stereocenters. The average Bonchev–Trinajstić information content (AvgIpc) is 3.21. The molecule has 1 aromatic heterocycles. The number of phenolic OH excluding ortho intramolecular Hbond substituents is 1. The number of para-hydroxylation sites is 1. The van der Waals surface area contributed by atoms with Gasteiger partial charge in [0.15, 0.2) is 0 Å². The van der Waals surface area contributed by atoms with Crippen molar-refractivity contribution in [1.29, 1.82) is 0 Å². The van der Waals surface area contributed by atoms with Crippen molar-refractivity contribution in [2.45, 2.75) is 58.0 Å². The number of hydrogen-bond acceptors (Lipinski definition) is 8. The number of aromatic hydroxyl groups is 1. The summed E-state index contributed by atoms with van der Waals surface area (Å²) in [6.07, 6.45) is 1.45. The Morgan fingerprint density at radius 3 is 2.52 bits per heavy atom. The van der Waals surface area contributed by atoms with Gasteiger partial charge in [0.05, 0.1) is 23.9 Å². The van der Waals surface area contributed by atoms with Gasteiger partial charge in [-0.3, -0.25) is 14.6 Å². The van der Waals surface area contributed by atoms with E-state index in [2.05, 4.69) is 15.1 Å². The monoisotopic (exact) mass is 482 g/mol. The van der Waals surface area contributed by atoms with Crippen molar-refractivity contribution in [2.75, 3.05) is 6.61 Å². The van der Waals surface area contributed by atoms with Gasteiger partial charge >= 0.3 is 19.8 Å². The molecular weight excluding hydrogens is 453 g/mol. The fourth-order valence-corrected chi connectivity index (χ4v) is 3.68. The number of rotatable bonds is 8. The standard InChI is InChI=1S/C15H22N3O7P.C6H6O/c1-8(2)24-14(20)9(3)18-26(22)23-7-10-4-5-12(25-10)11-6-16-15(21)17-13(11)19;7-6-4-2-1-3-5-6/h6,8-10,12H,4-5,7H2,1-3H3,(H2-,16,17,18,19,21,22);1-5,7H/p+1/t9-,10?,12?;/m1./s1. The Labute approximate surface area is 191 Å². The maximum Gasteiger partial charge on any atom is 0.613 e. The zero-order valence-electron chi connectivity index (χ0n) is 18.6. The second-order valence-corrected chi connectivity index (χ2v) is 8.61. The van der Waals surface area contributed by atoms with E-state index in [1.54, 1.807) is 38.1 Å². The molecule has 0 saturated carbocycles. The van der Waals surface area contributed by atoms with Crippen LogP contribution in [-0.4, -0.2) is 45.9 Å². The number of carbonyl (C=O) groups excluding carboxylic acids is 1. The molecule has 33 heavy (non-hydrogen) atoms. The summed E-state index contributed by atoms with van der Waals surface area (Å²) in [5.41, 5.74) is -0.741. The van der Waals surface area contributed by atoms with Gasteiger partial charge in [-0.15, -0.1) is 4.52 Å². The van der Waals surface area contributed by atoms with Gasteiger partial charge in [-0.1, -0.05) is 23.3 Å². The molecular formula is C21H29N3O8P+. The first kappa shape index (κ1) is 26.4. The molecule has 3 unspecified atom stereocenters. The summed E-state index contributed by atoms with van der Waals surface area (Å²) >= 11 is 0. The number of benzene rings is 1. The summed E-state index contributed by atoms with van der Waals surface area (Å²) in [5, 5.41) is 11.2. The summed E-state index contributed by atoms with van der Waals surface area (Å²) in [7, 11) is -2.27. The molecule has 1 aliphatic heterocycles. The Bertz CT molecular complexity index is 1020. The quantitative estimate of drug-likeness (QED) is 0.327. The number of aromatic amines is 2. The second kappa shape index (κ2) is 13.0. The van der Waals surface area contributed by atoms with Crippen LogP contribution in [0.5, 0.6) is 5.75 Å². The molecule has 3 rings (SSSR count). The summed E-state index contributed by atoms with van der Waals surface area (Å²) in [5.74, 6) is -0.191. The lowest BCUT2D eigenvalue weighted by molar-refractivity contribution is -0.149. The lowest BCUT2D eigenvalue weighted by Crippen LogP contribution is -2.33. The van der Waals surface area contributed by atoms with E-state index in [1.807, 2.05) is 6.07 Å². The summed E-state index contributed by atoms with van der Waals surface area (Å²) < 4.78 is 27.8. The van der Waals surface area contributed by atoms with Crippen LogP contribution in [0, 0.1) is 0 Å². The topological polar surface area (TPSA) is 160 Å². The first-order valence-corrected chi connectivity index (χ1v) is 11.6. The number of esters is 1. The van der Waals surface area contributed by atoms with Gasteiger partial charge in [-0.05, 0) is 50.3 Å². The Hall–Kier alpha value is -2.85. The first-order chi connectivity index (χ1) is 15.7. The van der Waals surface area contributed by atoms with E-state index in [4.69, 9.17) is 19.1 Å². The zero-order valence-corrected chi connectivity index (χ0v) is 19.5. The highest BCUT2D eigenvalue weighted by Crippen LogP contribution is 2.32.